The van der Waals surface area contributed by atoms with Gasteiger partial charge in [0.15, 0.2) is 5.75 Å². The second kappa shape index (κ2) is 7.27. The number of amides is 1. The molecule has 1 amide bonds. The predicted octanol–water partition coefficient (Wildman–Crippen LogP) is 4.19. The van der Waals surface area contributed by atoms with Gasteiger partial charge >= 0.3 is 0 Å². The van der Waals surface area contributed by atoms with Crippen molar-refractivity contribution in [2.24, 2.45) is 0 Å². The third-order valence-corrected chi connectivity index (χ3v) is 3.80. The first-order chi connectivity index (χ1) is 12.0. The van der Waals surface area contributed by atoms with Crippen molar-refractivity contribution < 1.29 is 9.53 Å². The minimum absolute atomic E-state index is 0.240. The number of carbonyl (C=O) groups excluding carboxylic acids is 1. The van der Waals surface area contributed by atoms with Crippen molar-refractivity contribution in [1.29, 1.82) is 0 Å². The fourth-order valence-corrected chi connectivity index (χ4v) is 2.36. The lowest BCUT2D eigenvalue weighted by Gasteiger charge is -2.13. The van der Waals surface area contributed by atoms with Gasteiger partial charge in [-0.1, -0.05) is 17.7 Å². The SMILES string of the molecule is Cc1cc(NC(=O)c2cccc(Cl)n2)cc(Oc2cncnc2)c1C. The second-order valence-corrected chi connectivity index (χ2v) is 5.78. The highest BCUT2D eigenvalue weighted by atomic mass is 35.5. The molecule has 0 aliphatic carbocycles. The Labute approximate surface area is 149 Å². The number of hydrogen-bond acceptors (Lipinski definition) is 5. The summed E-state index contributed by atoms with van der Waals surface area (Å²) < 4.78 is 5.82. The van der Waals surface area contributed by atoms with Crippen molar-refractivity contribution in [1.82, 2.24) is 15.0 Å². The predicted molar refractivity (Wildman–Crippen MR) is 95.2 cm³/mol. The smallest absolute Gasteiger partial charge is 0.274 e. The molecule has 1 aromatic carbocycles. The third kappa shape index (κ3) is 4.10. The largest absolute Gasteiger partial charge is 0.454 e. The molecule has 0 atom stereocenters. The molecule has 25 heavy (non-hydrogen) atoms. The molecule has 126 valence electrons. The average Bonchev–Trinajstić information content (AvgIpc) is 2.60. The Bertz CT molecular complexity index is 916. The van der Waals surface area contributed by atoms with Crippen LogP contribution in [0.1, 0.15) is 21.6 Å². The summed E-state index contributed by atoms with van der Waals surface area (Å²) in [5.41, 5.74) is 2.78. The molecule has 0 spiro atoms. The number of halogens is 1. The summed E-state index contributed by atoms with van der Waals surface area (Å²) in [5.74, 6) is 0.786. The van der Waals surface area contributed by atoms with Crippen molar-refractivity contribution >= 4 is 23.2 Å². The number of nitrogens with zero attached hydrogens (tertiary/aromatic N) is 3. The zero-order chi connectivity index (χ0) is 17.8. The Hall–Kier alpha value is -2.99. The van der Waals surface area contributed by atoms with Crippen LogP contribution in [0.4, 0.5) is 5.69 Å². The second-order valence-electron chi connectivity index (χ2n) is 5.39. The van der Waals surface area contributed by atoms with E-state index in [1.165, 1.54) is 6.33 Å². The molecule has 0 radical (unpaired) electrons. The lowest BCUT2D eigenvalue weighted by molar-refractivity contribution is 0.102. The van der Waals surface area contributed by atoms with Crippen LogP contribution in [0.2, 0.25) is 5.15 Å². The number of ether oxygens (including phenoxy) is 1. The van der Waals surface area contributed by atoms with E-state index in [0.717, 1.165) is 11.1 Å². The Balaban J connectivity index is 1.86. The summed E-state index contributed by atoms with van der Waals surface area (Å²) in [6.45, 7) is 3.88. The van der Waals surface area contributed by atoms with Gasteiger partial charge in [0.1, 0.15) is 22.9 Å². The van der Waals surface area contributed by atoms with Crippen LogP contribution in [0.5, 0.6) is 11.5 Å². The summed E-state index contributed by atoms with van der Waals surface area (Å²) in [5, 5.41) is 3.07. The molecule has 2 aromatic heterocycles. The van der Waals surface area contributed by atoms with E-state index in [0.29, 0.717) is 17.2 Å². The van der Waals surface area contributed by atoms with Crippen LogP contribution in [0.3, 0.4) is 0 Å². The van der Waals surface area contributed by atoms with E-state index >= 15 is 0 Å². The molecule has 0 bridgehead atoms. The maximum atomic E-state index is 12.3. The van der Waals surface area contributed by atoms with Gasteiger partial charge in [0.2, 0.25) is 0 Å². The lowest BCUT2D eigenvalue weighted by atomic mass is 10.1. The van der Waals surface area contributed by atoms with Crippen LogP contribution in [-0.2, 0) is 0 Å². The first kappa shape index (κ1) is 16.9. The summed E-state index contributed by atoms with van der Waals surface area (Å²) in [4.78, 5) is 24.2. The number of rotatable bonds is 4. The van der Waals surface area contributed by atoms with E-state index < -0.39 is 0 Å². The number of anilines is 1. The van der Waals surface area contributed by atoms with Gasteiger partial charge in [0, 0.05) is 11.8 Å². The molecule has 0 unspecified atom stereocenters. The number of benzene rings is 1. The van der Waals surface area contributed by atoms with Gasteiger partial charge in [-0.3, -0.25) is 4.79 Å². The minimum atomic E-state index is -0.347. The van der Waals surface area contributed by atoms with Gasteiger partial charge in [-0.25, -0.2) is 15.0 Å². The molecule has 0 saturated carbocycles. The zero-order valence-electron chi connectivity index (χ0n) is 13.7. The zero-order valence-corrected chi connectivity index (χ0v) is 14.4. The summed E-state index contributed by atoms with van der Waals surface area (Å²) in [6.07, 6.45) is 4.57. The Morgan fingerprint density at radius 3 is 2.64 bits per heavy atom. The van der Waals surface area contributed by atoms with Gasteiger partial charge in [-0.15, -0.1) is 0 Å². The first-order valence-corrected chi connectivity index (χ1v) is 7.89. The van der Waals surface area contributed by atoms with Gasteiger partial charge in [0.25, 0.3) is 5.91 Å². The van der Waals surface area contributed by atoms with E-state index in [2.05, 4.69) is 20.3 Å². The average molecular weight is 355 g/mol. The summed E-state index contributed by atoms with van der Waals surface area (Å²) in [7, 11) is 0. The summed E-state index contributed by atoms with van der Waals surface area (Å²) >= 11 is 5.83. The lowest BCUT2D eigenvalue weighted by Crippen LogP contribution is -2.14. The van der Waals surface area contributed by atoms with Crippen molar-refractivity contribution in [2.75, 3.05) is 5.32 Å². The van der Waals surface area contributed by atoms with E-state index in [-0.39, 0.29) is 16.8 Å². The van der Waals surface area contributed by atoms with E-state index in [9.17, 15) is 4.79 Å². The van der Waals surface area contributed by atoms with Crippen LogP contribution in [-0.4, -0.2) is 20.9 Å². The number of aromatic nitrogens is 3. The number of pyridine rings is 1. The van der Waals surface area contributed by atoms with E-state index in [1.807, 2.05) is 19.9 Å². The van der Waals surface area contributed by atoms with Crippen LogP contribution in [0.25, 0.3) is 0 Å². The highest BCUT2D eigenvalue weighted by Crippen LogP contribution is 2.30. The Kier molecular flexibility index (Phi) is 4.90. The molecule has 3 rings (SSSR count). The third-order valence-electron chi connectivity index (χ3n) is 3.59. The van der Waals surface area contributed by atoms with Gasteiger partial charge in [-0.05, 0) is 43.2 Å². The molecule has 6 nitrogen and oxygen atoms in total. The maximum absolute atomic E-state index is 12.3. The fourth-order valence-electron chi connectivity index (χ4n) is 2.20. The van der Waals surface area contributed by atoms with Crippen LogP contribution >= 0.6 is 11.6 Å². The van der Waals surface area contributed by atoms with Crippen molar-refractivity contribution in [2.45, 2.75) is 13.8 Å². The molecular formula is C18H15ClN4O2. The number of carbonyl (C=O) groups is 1. The van der Waals surface area contributed by atoms with Crippen LogP contribution < -0.4 is 10.1 Å². The summed E-state index contributed by atoms with van der Waals surface area (Å²) in [6, 6.07) is 8.50. The normalized spacial score (nSPS) is 10.4. The number of hydrogen-bond donors (Lipinski definition) is 1. The first-order valence-electron chi connectivity index (χ1n) is 7.51. The molecule has 1 N–H and O–H groups in total. The highest BCUT2D eigenvalue weighted by molar-refractivity contribution is 6.29. The molecule has 0 saturated heterocycles. The van der Waals surface area contributed by atoms with Gasteiger partial charge in [0.05, 0.1) is 12.4 Å². The molecular weight excluding hydrogens is 340 g/mol. The molecule has 3 aromatic rings. The van der Waals surface area contributed by atoms with E-state index in [1.54, 1.807) is 36.7 Å². The Morgan fingerprint density at radius 1 is 1.16 bits per heavy atom. The van der Waals surface area contributed by atoms with Crippen LogP contribution in [0.15, 0.2) is 49.1 Å². The fraction of sp³-hybridized carbons (Fsp3) is 0.111. The molecule has 2 heterocycles. The monoisotopic (exact) mass is 354 g/mol. The number of aryl methyl sites for hydroxylation is 1. The standard InChI is InChI=1S/C18H15ClN4O2/c1-11-6-13(22-18(24)15-4-3-5-17(19)23-15)7-16(12(11)2)25-14-8-20-10-21-9-14/h3-10H,1-2H3,(H,22,24). The number of nitrogens with one attached hydrogen (secondary N) is 1. The highest BCUT2D eigenvalue weighted by Gasteiger charge is 2.12. The topological polar surface area (TPSA) is 77.0 Å². The Morgan fingerprint density at radius 2 is 1.92 bits per heavy atom. The van der Waals surface area contributed by atoms with Crippen molar-refractivity contribution in [3.05, 3.63) is 71.0 Å². The van der Waals surface area contributed by atoms with E-state index in [4.69, 9.17) is 16.3 Å². The van der Waals surface area contributed by atoms with Crippen LogP contribution in [0, 0.1) is 13.8 Å². The molecule has 0 fully saturated rings. The van der Waals surface area contributed by atoms with Gasteiger partial charge in [-0.2, -0.15) is 0 Å². The molecule has 0 aliphatic rings. The maximum Gasteiger partial charge on any atom is 0.274 e. The quantitative estimate of drug-likeness (QED) is 0.711. The van der Waals surface area contributed by atoms with Crippen molar-refractivity contribution in [3.63, 3.8) is 0 Å². The minimum Gasteiger partial charge on any atom is -0.454 e. The van der Waals surface area contributed by atoms with Crippen molar-refractivity contribution in [3.8, 4) is 11.5 Å². The van der Waals surface area contributed by atoms with Gasteiger partial charge < -0.3 is 10.1 Å². The molecule has 0 aliphatic heterocycles. The molecule has 7 heteroatoms.